The van der Waals surface area contributed by atoms with Gasteiger partial charge in [-0.25, -0.2) is 0 Å². The van der Waals surface area contributed by atoms with E-state index in [4.69, 9.17) is 18.9 Å². The van der Waals surface area contributed by atoms with Crippen molar-refractivity contribution in [2.24, 2.45) is 17.8 Å². The zero-order valence-corrected chi connectivity index (χ0v) is 28.5. The Kier molecular flexibility index (Phi) is 18.0. The number of hydrogen-bond donors (Lipinski definition) is 1. The molecule has 3 aliphatic rings. The van der Waals surface area contributed by atoms with Crippen molar-refractivity contribution >= 4 is 0 Å². The summed E-state index contributed by atoms with van der Waals surface area (Å²) in [4.78, 5) is 0. The first-order valence-electron chi connectivity index (χ1n) is 14.4. The Labute approximate surface area is 250 Å². The third-order valence-corrected chi connectivity index (χ3v) is 7.46. The van der Waals surface area contributed by atoms with Crippen molar-refractivity contribution in [3.63, 3.8) is 0 Å². The second-order valence-corrected chi connectivity index (χ2v) is 12.2. The van der Waals surface area contributed by atoms with Crippen LogP contribution in [0.15, 0.2) is 0 Å². The fraction of sp³-hybridized carbons (Fsp3) is 0.967. The second-order valence-electron chi connectivity index (χ2n) is 12.2. The molecule has 3 unspecified atom stereocenters. The third-order valence-electron chi connectivity index (χ3n) is 7.46. The number of rotatable bonds is 12. The minimum Gasteiger partial charge on any atom is -0.378 e. The Morgan fingerprint density at radius 3 is 2.03 bits per heavy atom. The van der Waals surface area contributed by atoms with Crippen LogP contribution in [0.3, 0.4) is 0 Å². The Balaban J connectivity index is 0.000000805. The molecule has 5 nitrogen and oxygen atoms in total. The zero-order valence-electron chi connectivity index (χ0n) is 25.7. The van der Waals surface area contributed by atoms with E-state index in [2.05, 4.69) is 74.6 Å². The minimum atomic E-state index is -0.120. The van der Waals surface area contributed by atoms with Gasteiger partial charge in [0, 0.05) is 45.9 Å². The monoisotopic (exact) mass is 587 g/mol. The van der Waals surface area contributed by atoms with Crippen molar-refractivity contribution in [3.05, 3.63) is 6.92 Å². The van der Waals surface area contributed by atoms with Gasteiger partial charge in [-0.05, 0) is 77.7 Å². The van der Waals surface area contributed by atoms with Gasteiger partial charge >= 0.3 is 0 Å². The molecule has 2 aliphatic heterocycles. The molecule has 1 spiro atoms. The molecule has 2 heterocycles. The molecule has 0 aromatic heterocycles. The Morgan fingerprint density at radius 1 is 1.00 bits per heavy atom. The van der Waals surface area contributed by atoms with Crippen LogP contribution in [0.2, 0.25) is 0 Å². The molecular weight excluding hydrogens is 527 g/mol. The van der Waals surface area contributed by atoms with Gasteiger partial charge in [-0.3, -0.25) is 0 Å². The first-order chi connectivity index (χ1) is 16.4. The number of nitrogens with one attached hydrogen (secondary N) is 1. The van der Waals surface area contributed by atoms with E-state index in [1.807, 2.05) is 7.11 Å². The molecule has 0 bridgehead atoms. The van der Waals surface area contributed by atoms with E-state index in [9.17, 15) is 0 Å². The predicted octanol–water partition coefficient (Wildman–Crippen LogP) is 6.83. The van der Waals surface area contributed by atoms with Gasteiger partial charge in [0.2, 0.25) is 0 Å². The Bertz CT molecular complexity index is 557. The van der Waals surface area contributed by atoms with E-state index < -0.39 is 0 Å². The largest absolute Gasteiger partial charge is 0.378 e. The summed E-state index contributed by atoms with van der Waals surface area (Å²) >= 11 is 0. The summed E-state index contributed by atoms with van der Waals surface area (Å²) in [6.07, 6.45) is 7.84. The van der Waals surface area contributed by atoms with Crippen LogP contribution in [0.25, 0.3) is 0 Å². The van der Waals surface area contributed by atoms with E-state index >= 15 is 0 Å². The van der Waals surface area contributed by atoms with Gasteiger partial charge in [-0.15, -0.1) is 0 Å². The molecule has 1 aliphatic carbocycles. The minimum absolute atomic E-state index is 0. The van der Waals surface area contributed by atoms with Crippen LogP contribution in [0.4, 0.5) is 0 Å². The molecule has 6 atom stereocenters. The molecule has 1 radical (unpaired) electrons. The fourth-order valence-corrected chi connectivity index (χ4v) is 5.55. The first-order valence-corrected chi connectivity index (χ1v) is 14.4. The average molecular weight is 588 g/mol. The molecule has 6 heteroatoms. The van der Waals surface area contributed by atoms with E-state index in [-0.39, 0.29) is 68.1 Å². The quantitative estimate of drug-likeness (QED) is 0.154. The van der Waals surface area contributed by atoms with Crippen molar-refractivity contribution in [2.45, 2.75) is 149 Å². The molecule has 213 valence electrons. The number of hydrogen-bond acceptors (Lipinski definition) is 5. The summed E-state index contributed by atoms with van der Waals surface area (Å²) in [5.41, 5.74) is -0.149. The SMILES string of the molecule is CC(C)CCCNC(C)C.COC1C(OC(C)C)CC[C@]2(CO2)C1[C@@]1(C)O[C@@H]1CCC(C)C.[CH2-]C.[Y]. The average Bonchev–Trinajstić information content (AvgIpc) is 3.69. The van der Waals surface area contributed by atoms with Crippen LogP contribution in [0.1, 0.15) is 108 Å². The van der Waals surface area contributed by atoms with Crippen LogP contribution in [-0.4, -0.2) is 61.9 Å². The molecule has 3 fully saturated rings. The molecule has 3 rings (SSSR count). The summed E-state index contributed by atoms with van der Waals surface area (Å²) in [6, 6.07) is 0.646. The standard InChI is InChI=1S/C19H34O4.C9H21N.C2H5.Y/c1-12(2)7-8-15-18(5,23-15)17-16(20-6)14(22-13(3)4)9-10-19(17)11-21-19;1-8(2)6-5-7-10-9(3)4;1-2;/h12-17H,7-11H2,1-6H3;8-10H,5-7H2,1-4H3;1H2,2H3;/q;;-1;/t14?,15-,16?,17?,18+,19+;;;/m1.../s1. The van der Waals surface area contributed by atoms with Gasteiger partial charge in [0.1, 0.15) is 5.60 Å². The molecule has 0 amide bonds. The van der Waals surface area contributed by atoms with Gasteiger partial charge in [0.15, 0.2) is 0 Å². The zero-order chi connectivity index (χ0) is 26.8. The number of ether oxygens (including phenoxy) is 4. The normalized spacial score (nSPS) is 32.7. The number of epoxide rings is 2. The summed E-state index contributed by atoms with van der Waals surface area (Å²) in [7, 11) is 1.81. The topological polar surface area (TPSA) is 55.5 Å². The van der Waals surface area contributed by atoms with Crippen molar-refractivity contribution < 1.29 is 51.7 Å². The van der Waals surface area contributed by atoms with Crippen LogP contribution in [0.5, 0.6) is 0 Å². The van der Waals surface area contributed by atoms with Crippen LogP contribution < -0.4 is 5.32 Å². The van der Waals surface area contributed by atoms with E-state index in [1.54, 1.807) is 6.92 Å². The summed E-state index contributed by atoms with van der Waals surface area (Å²) < 4.78 is 24.3. The summed E-state index contributed by atoms with van der Waals surface area (Å²) in [5, 5.41) is 3.40. The maximum atomic E-state index is 6.24. The van der Waals surface area contributed by atoms with Crippen LogP contribution in [0, 0.1) is 24.7 Å². The smallest absolute Gasteiger partial charge is 0.100 e. The van der Waals surface area contributed by atoms with Gasteiger partial charge in [0.05, 0.1) is 42.5 Å². The van der Waals surface area contributed by atoms with Gasteiger partial charge in [0.25, 0.3) is 0 Å². The van der Waals surface area contributed by atoms with E-state index in [1.165, 1.54) is 25.8 Å². The van der Waals surface area contributed by atoms with E-state index in [0.29, 0.717) is 12.1 Å². The van der Waals surface area contributed by atoms with Crippen molar-refractivity contribution in [2.75, 3.05) is 20.3 Å². The Hall–Kier alpha value is 0.904. The van der Waals surface area contributed by atoms with Crippen LogP contribution >= 0.6 is 0 Å². The van der Waals surface area contributed by atoms with Crippen LogP contribution in [-0.2, 0) is 51.7 Å². The molecule has 1 saturated carbocycles. The van der Waals surface area contributed by atoms with Crippen molar-refractivity contribution in [1.29, 1.82) is 0 Å². The third kappa shape index (κ3) is 11.6. The van der Waals surface area contributed by atoms with Crippen molar-refractivity contribution in [1.82, 2.24) is 5.32 Å². The number of methoxy groups -OCH3 is 1. The van der Waals surface area contributed by atoms with Gasteiger partial charge in [-0.2, -0.15) is 6.92 Å². The molecule has 36 heavy (non-hydrogen) atoms. The summed E-state index contributed by atoms with van der Waals surface area (Å²) in [5.74, 6) is 1.85. The predicted molar refractivity (Wildman–Crippen MR) is 148 cm³/mol. The van der Waals surface area contributed by atoms with E-state index in [0.717, 1.165) is 37.7 Å². The maximum absolute atomic E-state index is 6.24. The Morgan fingerprint density at radius 2 is 1.58 bits per heavy atom. The molecule has 0 aromatic carbocycles. The molecule has 0 aromatic rings. The molecule has 2 saturated heterocycles. The molecular formula is C30H60NO4Y-. The van der Waals surface area contributed by atoms with Gasteiger partial charge < -0.3 is 31.2 Å². The van der Waals surface area contributed by atoms with Crippen molar-refractivity contribution in [3.8, 4) is 0 Å². The first kappa shape index (κ1) is 36.9. The molecule has 1 N–H and O–H groups in total. The second kappa shape index (κ2) is 17.6. The fourth-order valence-electron chi connectivity index (χ4n) is 5.55. The van der Waals surface area contributed by atoms with Gasteiger partial charge in [-0.1, -0.05) is 41.5 Å². The summed E-state index contributed by atoms with van der Waals surface area (Å²) in [6.45, 7) is 27.0. The maximum Gasteiger partial charge on any atom is 0.100 e.